The number of aromatic amines is 1. The Morgan fingerprint density at radius 3 is 2.71 bits per heavy atom. The van der Waals surface area contributed by atoms with Crippen LogP contribution in [0.2, 0.25) is 0 Å². The molecule has 1 aromatic carbocycles. The first-order valence-electron chi connectivity index (χ1n) is 4.96. The number of H-pyrrole nitrogens is 1. The van der Waals surface area contributed by atoms with E-state index in [0.29, 0.717) is 0 Å². The highest BCUT2D eigenvalue weighted by Gasteiger charge is 2.05. The smallest absolute Gasteiger partial charge is 0.307 e. The Kier molecular flexibility index (Phi) is 3.49. The van der Waals surface area contributed by atoms with Gasteiger partial charge in [0, 0.05) is 11.1 Å². The molecule has 1 aromatic heterocycles. The summed E-state index contributed by atoms with van der Waals surface area (Å²) in [5.74, 6) is -1.13. The summed E-state index contributed by atoms with van der Waals surface area (Å²) in [7, 11) is 0. The van der Waals surface area contributed by atoms with Gasteiger partial charge in [-0.2, -0.15) is 0 Å². The lowest BCUT2D eigenvalue weighted by Gasteiger charge is -1.97. The molecule has 0 unspecified atom stereocenters. The number of rotatable bonds is 4. The highest BCUT2D eigenvalue weighted by molar-refractivity contribution is 7.99. The van der Waals surface area contributed by atoms with Gasteiger partial charge < -0.3 is 10.1 Å². The third-order valence-electron chi connectivity index (χ3n) is 2.11. The molecule has 0 aliphatic rings. The maximum absolute atomic E-state index is 12.7. The first-order chi connectivity index (χ1) is 8.13. The molecule has 0 radical (unpaired) electrons. The number of aromatic nitrogens is 1. The van der Waals surface area contributed by atoms with Gasteiger partial charge in [0.25, 0.3) is 0 Å². The van der Waals surface area contributed by atoms with Crippen LogP contribution in [0.1, 0.15) is 5.56 Å². The van der Waals surface area contributed by atoms with Gasteiger partial charge in [-0.15, -0.1) is 0 Å². The van der Waals surface area contributed by atoms with Gasteiger partial charge in [-0.1, -0.05) is 11.8 Å². The SMILES string of the molecule is O=C(O)Cc1c[nH]c(Sc2ccc(F)cc2)c1. The quantitative estimate of drug-likeness (QED) is 0.878. The largest absolute Gasteiger partial charge is 0.481 e. The maximum atomic E-state index is 12.7. The lowest BCUT2D eigenvalue weighted by atomic mass is 10.2. The van der Waals surface area contributed by atoms with Crippen molar-refractivity contribution in [2.75, 3.05) is 0 Å². The third-order valence-corrected chi connectivity index (χ3v) is 3.08. The van der Waals surface area contributed by atoms with Gasteiger partial charge in [0.05, 0.1) is 11.4 Å². The van der Waals surface area contributed by atoms with Crippen molar-refractivity contribution < 1.29 is 14.3 Å². The molecule has 0 saturated carbocycles. The van der Waals surface area contributed by atoms with Crippen LogP contribution in [0.25, 0.3) is 0 Å². The fraction of sp³-hybridized carbons (Fsp3) is 0.0833. The van der Waals surface area contributed by atoms with E-state index in [-0.39, 0.29) is 12.2 Å². The molecule has 2 rings (SSSR count). The predicted octanol–water partition coefficient (Wildman–Crippen LogP) is 2.93. The van der Waals surface area contributed by atoms with Gasteiger partial charge in [-0.05, 0) is 35.9 Å². The minimum absolute atomic E-state index is 0.000474. The van der Waals surface area contributed by atoms with Crippen molar-refractivity contribution in [2.45, 2.75) is 16.3 Å². The van der Waals surface area contributed by atoms with Gasteiger partial charge in [0.15, 0.2) is 0 Å². The summed E-state index contributed by atoms with van der Waals surface area (Å²) in [5.41, 5.74) is 0.724. The van der Waals surface area contributed by atoms with Crippen molar-refractivity contribution in [2.24, 2.45) is 0 Å². The number of benzene rings is 1. The predicted molar refractivity (Wildman–Crippen MR) is 62.7 cm³/mol. The van der Waals surface area contributed by atoms with E-state index < -0.39 is 5.97 Å². The summed E-state index contributed by atoms with van der Waals surface area (Å²) in [6.07, 6.45) is 1.67. The fourth-order valence-electron chi connectivity index (χ4n) is 1.38. The average molecular weight is 251 g/mol. The van der Waals surface area contributed by atoms with E-state index in [1.54, 1.807) is 24.4 Å². The Hall–Kier alpha value is -1.75. The zero-order chi connectivity index (χ0) is 12.3. The van der Waals surface area contributed by atoms with E-state index in [2.05, 4.69) is 4.98 Å². The van der Waals surface area contributed by atoms with E-state index in [9.17, 15) is 9.18 Å². The molecule has 0 aliphatic carbocycles. The van der Waals surface area contributed by atoms with E-state index in [4.69, 9.17) is 5.11 Å². The Bertz CT molecular complexity index is 522. The first-order valence-corrected chi connectivity index (χ1v) is 5.77. The lowest BCUT2D eigenvalue weighted by Crippen LogP contribution is -1.97. The summed E-state index contributed by atoms with van der Waals surface area (Å²) < 4.78 is 12.7. The number of hydrogen-bond acceptors (Lipinski definition) is 2. The molecule has 0 fully saturated rings. The Labute approximate surface area is 102 Å². The highest BCUT2D eigenvalue weighted by Crippen LogP contribution is 2.27. The van der Waals surface area contributed by atoms with Gasteiger partial charge >= 0.3 is 5.97 Å². The Balaban J connectivity index is 2.06. The van der Waals surface area contributed by atoms with E-state index in [1.165, 1.54) is 23.9 Å². The van der Waals surface area contributed by atoms with E-state index in [1.807, 2.05) is 0 Å². The maximum Gasteiger partial charge on any atom is 0.307 e. The lowest BCUT2D eigenvalue weighted by molar-refractivity contribution is -0.136. The van der Waals surface area contributed by atoms with Crippen molar-refractivity contribution in [1.29, 1.82) is 0 Å². The summed E-state index contributed by atoms with van der Waals surface area (Å²) in [4.78, 5) is 14.4. The monoisotopic (exact) mass is 251 g/mol. The normalized spacial score (nSPS) is 10.4. The number of aliphatic carboxylic acids is 1. The summed E-state index contributed by atoms with van der Waals surface area (Å²) in [6, 6.07) is 7.92. The number of halogens is 1. The van der Waals surface area contributed by atoms with Gasteiger partial charge in [0.2, 0.25) is 0 Å². The summed E-state index contributed by atoms with van der Waals surface area (Å²) in [6.45, 7) is 0. The Morgan fingerprint density at radius 2 is 2.06 bits per heavy atom. The van der Waals surface area contributed by atoms with Crippen LogP contribution >= 0.6 is 11.8 Å². The first kappa shape index (κ1) is 11.7. The van der Waals surface area contributed by atoms with Crippen molar-refractivity contribution in [1.82, 2.24) is 4.98 Å². The summed E-state index contributed by atoms with van der Waals surface area (Å²) in [5, 5.41) is 9.47. The van der Waals surface area contributed by atoms with Crippen LogP contribution in [0, 0.1) is 5.82 Å². The van der Waals surface area contributed by atoms with Gasteiger partial charge in [0.1, 0.15) is 5.82 Å². The molecule has 1 heterocycles. The van der Waals surface area contributed by atoms with Crippen LogP contribution in [0.3, 0.4) is 0 Å². The van der Waals surface area contributed by atoms with Crippen LogP contribution in [0.15, 0.2) is 46.5 Å². The molecule has 0 aliphatic heterocycles. The molecular formula is C12H10FNO2S. The average Bonchev–Trinajstić information content (AvgIpc) is 2.68. The van der Waals surface area contributed by atoms with E-state index in [0.717, 1.165) is 15.5 Å². The molecule has 2 aromatic rings. The summed E-state index contributed by atoms with van der Waals surface area (Å²) >= 11 is 1.43. The second-order valence-electron chi connectivity index (χ2n) is 3.50. The second-order valence-corrected chi connectivity index (χ2v) is 4.61. The van der Waals surface area contributed by atoms with Crippen molar-refractivity contribution in [3.05, 3.63) is 47.9 Å². The molecule has 2 N–H and O–H groups in total. The molecule has 0 saturated heterocycles. The molecule has 0 bridgehead atoms. The van der Waals surface area contributed by atoms with E-state index >= 15 is 0 Å². The zero-order valence-electron chi connectivity index (χ0n) is 8.81. The second kappa shape index (κ2) is 5.05. The standard InChI is InChI=1S/C12H10FNO2S/c13-9-1-3-10(4-2-9)17-11-5-8(7-14-11)6-12(15)16/h1-5,7,14H,6H2,(H,15,16). The highest BCUT2D eigenvalue weighted by atomic mass is 32.2. The third kappa shape index (κ3) is 3.35. The van der Waals surface area contributed by atoms with Crippen LogP contribution < -0.4 is 0 Å². The van der Waals surface area contributed by atoms with Gasteiger partial charge in [-0.3, -0.25) is 4.79 Å². The number of carboxylic acids is 1. The molecule has 5 heteroatoms. The minimum Gasteiger partial charge on any atom is -0.481 e. The molecule has 17 heavy (non-hydrogen) atoms. The minimum atomic E-state index is -0.859. The molecule has 0 atom stereocenters. The van der Waals surface area contributed by atoms with Gasteiger partial charge in [-0.25, -0.2) is 4.39 Å². The fourth-order valence-corrected chi connectivity index (χ4v) is 2.24. The number of carbonyl (C=O) groups is 1. The van der Waals surface area contributed by atoms with Crippen molar-refractivity contribution in [3.63, 3.8) is 0 Å². The van der Waals surface area contributed by atoms with Crippen molar-refractivity contribution in [3.8, 4) is 0 Å². The molecule has 0 amide bonds. The van der Waals surface area contributed by atoms with Crippen LogP contribution in [0.5, 0.6) is 0 Å². The number of hydrogen-bond donors (Lipinski definition) is 2. The van der Waals surface area contributed by atoms with Crippen LogP contribution in [-0.2, 0) is 11.2 Å². The topological polar surface area (TPSA) is 53.1 Å². The molecule has 3 nitrogen and oxygen atoms in total. The van der Waals surface area contributed by atoms with Crippen LogP contribution in [-0.4, -0.2) is 16.1 Å². The van der Waals surface area contributed by atoms with Crippen LogP contribution in [0.4, 0.5) is 4.39 Å². The number of nitrogens with one attached hydrogen (secondary N) is 1. The number of carboxylic acid groups (broad SMARTS) is 1. The molecular weight excluding hydrogens is 241 g/mol. The molecule has 88 valence electrons. The zero-order valence-corrected chi connectivity index (χ0v) is 9.63. The Morgan fingerprint density at radius 1 is 1.35 bits per heavy atom. The molecule has 0 spiro atoms. The van der Waals surface area contributed by atoms with Crippen molar-refractivity contribution >= 4 is 17.7 Å².